The molecule has 2 rings (SSSR count). The molecule has 5 heteroatoms. The third-order valence-corrected chi connectivity index (χ3v) is 4.66. The lowest BCUT2D eigenvalue weighted by molar-refractivity contribution is -0.124. The molecule has 23 heavy (non-hydrogen) atoms. The van der Waals surface area contributed by atoms with Crippen molar-refractivity contribution in [1.82, 2.24) is 10.2 Å². The fourth-order valence-electron chi connectivity index (χ4n) is 3.00. The fourth-order valence-corrected chi connectivity index (χ4v) is 3.00. The number of nitrogens with zero attached hydrogens (tertiary/aromatic N) is 1. The summed E-state index contributed by atoms with van der Waals surface area (Å²) in [6.45, 7) is 9.17. The minimum atomic E-state index is -0.413. The van der Waals surface area contributed by atoms with Crippen LogP contribution in [-0.4, -0.2) is 36.0 Å². The van der Waals surface area contributed by atoms with E-state index in [2.05, 4.69) is 41.4 Å². The van der Waals surface area contributed by atoms with Gasteiger partial charge in [-0.15, -0.1) is 12.4 Å². The molecule has 1 saturated heterocycles. The summed E-state index contributed by atoms with van der Waals surface area (Å²) in [4.78, 5) is 14.5. The molecule has 1 heterocycles. The first kappa shape index (κ1) is 19.9. The van der Waals surface area contributed by atoms with Gasteiger partial charge in [0, 0.05) is 19.1 Å². The Labute approximate surface area is 146 Å². The number of carbonyl (C=O) groups excluding carboxylic acids is 1. The third-order valence-electron chi connectivity index (χ3n) is 4.66. The first-order chi connectivity index (χ1) is 10.5. The van der Waals surface area contributed by atoms with Crippen LogP contribution in [0.1, 0.15) is 32.8 Å². The molecule has 1 aromatic carbocycles. The Bertz CT molecular complexity index is 480. The minimum Gasteiger partial charge on any atom is -0.352 e. The van der Waals surface area contributed by atoms with E-state index in [0.717, 1.165) is 26.1 Å². The molecule has 1 amide bonds. The lowest BCUT2D eigenvalue weighted by atomic mass is 9.99. The van der Waals surface area contributed by atoms with Gasteiger partial charge in [0.15, 0.2) is 0 Å². The molecule has 0 spiro atoms. The van der Waals surface area contributed by atoms with Gasteiger partial charge in [-0.2, -0.15) is 0 Å². The SMILES string of the molecule is CC(C)C(N)C(=O)NC(C)C1CCN(Cc2ccccc2)C1.Cl. The zero-order valence-electron chi connectivity index (χ0n) is 14.4. The Morgan fingerprint density at radius 1 is 1.30 bits per heavy atom. The summed E-state index contributed by atoms with van der Waals surface area (Å²) in [5.74, 6) is 0.654. The quantitative estimate of drug-likeness (QED) is 0.836. The van der Waals surface area contributed by atoms with Crippen molar-refractivity contribution in [3.63, 3.8) is 0 Å². The van der Waals surface area contributed by atoms with E-state index in [9.17, 15) is 4.79 Å². The lowest BCUT2D eigenvalue weighted by Gasteiger charge is -2.24. The maximum atomic E-state index is 12.1. The van der Waals surface area contributed by atoms with E-state index >= 15 is 0 Å². The Balaban J connectivity index is 0.00000264. The van der Waals surface area contributed by atoms with Gasteiger partial charge in [0.05, 0.1) is 6.04 Å². The van der Waals surface area contributed by atoms with Crippen molar-refractivity contribution in [3.05, 3.63) is 35.9 Å². The molecular weight excluding hydrogens is 310 g/mol. The van der Waals surface area contributed by atoms with Gasteiger partial charge in [0.1, 0.15) is 0 Å². The van der Waals surface area contributed by atoms with E-state index in [4.69, 9.17) is 5.73 Å². The Morgan fingerprint density at radius 3 is 2.57 bits per heavy atom. The van der Waals surface area contributed by atoms with Crippen LogP contribution in [-0.2, 0) is 11.3 Å². The number of rotatable bonds is 6. The summed E-state index contributed by atoms with van der Waals surface area (Å²) in [6.07, 6.45) is 1.13. The maximum absolute atomic E-state index is 12.1. The highest BCUT2D eigenvalue weighted by Gasteiger charge is 2.29. The second-order valence-corrected chi connectivity index (χ2v) is 6.84. The molecule has 130 valence electrons. The number of likely N-dealkylation sites (tertiary alicyclic amines) is 1. The largest absolute Gasteiger partial charge is 0.352 e. The predicted molar refractivity (Wildman–Crippen MR) is 97.5 cm³/mol. The van der Waals surface area contributed by atoms with Gasteiger partial charge in [-0.3, -0.25) is 9.69 Å². The molecule has 3 atom stereocenters. The molecule has 1 aliphatic heterocycles. The number of benzene rings is 1. The number of hydrogen-bond acceptors (Lipinski definition) is 3. The molecule has 4 nitrogen and oxygen atoms in total. The van der Waals surface area contributed by atoms with Gasteiger partial charge in [0.2, 0.25) is 5.91 Å². The van der Waals surface area contributed by atoms with Crippen molar-refractivity contribution < 1.29 is 4.79 Å². The van der Waals surface area contributed by atoms with Crippen LogP contribution in [0.4, 0.5) is 0 Å². The average Bonchev–Trinajstić information content (AvgIpc) is 2.96. The number of halogens is 1. The second-order valence-electron chi connectivity index (χ2n) is 6.84. The summed E-state index contributed by atoms with van der Waals surface area (Å²) in [5.41, 5.74) is 7.26. The molecule has 0 aliphatic carbocycles. The number of nitrogens with two attached hydrogens (primary N) is 1. The topological polar surface area (TPSA) is 58.4 Å². The van der Waals surface area contributed by atoms with E-state index in [1.54, 1.807) is 0 Å². The van der Waals surface area contributed by atoms with Gasteiger partial charge < -0.3 is 11.1 Å². The highest BCUT2D eigenvalue weighted by atomic mass is 35.5. The van der Waals surface area contributed by atoms with Crippen LogP contribution in [0, 0.1) is 11.8 Å². The minimum absolute atomic E-state index is 0. The van der Waals surface area contributed by atoms with E-state index in [0.29, 0.717) is 5.92 Å². The van der Waals surface area contributed by atoms with Crippen molar-refractivity contribution in [2.45, 2.75) is 45.8 Å². The summed E-state index contributed by atoms with van der Waals surface area (Å²) in [6, 6.07) is 10.3. The highest BCUT2D eigenvalue weighted by molar-refractivity contribution is 5.85. The summed E-state index contributed by atoms with van der Waals surface area (Å²) in [7, 11) is 0. The first-order valence-electron chi connectivity index (χ1n) is 8.29. The van der Waals surface area contributed by atoms with E-state index < -0.39 is 6.04 Å². The second kappa shape index (κ2) is 9.26. The fraction of sp³-hybridized carbons (Fsp3) is 0.611. The van der Waals surface area contributed by atoms with Crippen LogP contribution in [0.2, 0.25) is 0 Å². The van der Waals surface area contributed by atoms with E-state index in [1.807, 2.05) is 19.9 Å². The number of hydrogen-bond donors (Lipinski definition) is 2. The Kier molecular flexibility index (Phi) is 8.03. The third kappa shape index (κ3) is 5.79. The molecule has 1 fully saturated rings. The maximum Gasteiger partial charge on any atom is 0.237 e. The Hall–Kier alpha value is -1.10. The number of nitrogens with one attached hydrogen (secondary N) is 1. The summed E-state index contributed by atoms with van der Waals surface area (Å²) in [5, 5.41) is 3.10. The summed E-state index contributed by atoms with van der Waals surface area (Å²) < 4.78 is 0. The lowest BCUT2D eigenvalue weighted by Crippen LogP contribution is -2.49. The molecule has 0 radical (unpaired) electrons. The average molecular weight is 340 g/mol. The monoisotopic (exact) mass is 339 g/mol. The van der Waals surface area contributed by atoms with Gasteiger partial charge in [-0.05, 0) is 37.3 Å². The van der Waals surface area contributed by atoms with Crippen LogP contribution in [0.25, 0.3) is 0 Å². The van der Waals surface area contributed by atoms with Gasteiger partial charge >= 0.3 is 0 Å². The molecule has 1 aromatic rings. The number of amides is 1. The molecule has 0 bridgehead atoms. The van der Waals surface area contributed by atoms with Crippen LogP contribution < -0.4 is 11.1 Å². The zero-order chi connectivity index (χ0) is 16.1. The normalized spacial score (nSPS) is 20.8. The van der Waals surface area contributed by atoms with Crippen molar-refractivity contribution >= 4 is 18.3 Å². The standard InChI is InChI=1S/C18H29N3O.ClH/c1-13(2)17(19)18(22)20-14(3)16-9-10-21(12-16)11-15-7-5-4-6-8-15;/h4-8,13-14,16-17H,9-12,19H2,1-3H3,(H,20,22);1H. The Morgan fingerprint density at radius 2 is 1.96 bits per heavy atom. The van der Waals surface area contributed by atoms with Gasteiger partial charge in [0.25, 0.3) is 0 Å². The predicted octanol–water partition coefficient (Wildman–Crippen LogP) is 2.42. The van der Waals surface area contributed by atoms with Crippen molar-refractivity contribution in [1.29, 1.82) is 0 Å². The summed E-state index contributed by atoms with van der Waals surface area (Å²) >= 11 is 0. The number of carbonyl (C=O) groups is 1. The van der Waals surface area contributed by atoms with Gasteiger partial charge in [-0.25, -0.2) is 0 Å². The van der Waals surface area contributed by atoms with Crippen molar-refractivity contribution in [2.75, 3.05) is 13.1 Å². The smallest absolute Gasteiger partial charge is 0.237 e. The first-order valence-corrected chi connectivity index (χ1v) is 8.29. The molecule has 0 aromatic heterocycles. The molecule has 3 unspecified atom stereocenters. The highest BCUT2D eigenvalue weighted by Crippen LogP contribution is 2.21. The van der Waals surface area contributed by atoms with Crippen molar-refractivity contribution in [3.8, 4) is 0 Å². The van der Waals surface area contributed by atoms with Gasteiger partial charge in [-0.1, -0.05) is 44.2 Å². The van der Waals surface area contributed by atoms with Crippen molar-refractivity contribution in [2.24, 2.45) is 17.6 Å². The molecule has 1 aliphatic rings. The van der Waals surface area contributed by atoms with E-state index in [1.165, 1.54) is 5.56 Å². The van der Waals surface area contributed by atoms with Crippen LogP contribution in [0.15, 0.2) is 30.3 Å². The molecular formula is C18H30ClN3O. The molecule has 3 N–H and O–H groups in total. The van der Waals surface area contributed by atoms with Crippen LogP contribution in [0.5, 0.6) is 0 Å². The van der Waals surface area contributed by atoms with E-state index in [-0.39, 0.29) is 30.3 Å². The molecule has 0 saturated carbocycles. The zero-order valence-corrected chi connectivity index (χ0v) is 15.2. The van der Waals surface area contributed by atoms with Crippen LogP contribution in [0.3, 0.4) is 0 Å². The van der Waals surface area contributed by atoms with Crippen LogP contribution >= 0.6 is 12.4 Å².